The molecule has 1 aliphatic heterocycles. The third kappa shape index (κ3) is 4.09. The lowest BCUT2D eigenvalue weighted by Crippen LogP contribution is -2.33. The van der Waals surface area contributed by atoms with Crippen molar-refractivity contribution in [3.8, 4) is 11.1 Å². The van der Waals surface area contributed by atoms with Crippen LogP contribution in [0.4, 0.5) is 0 Å². The average molecular weight is 528 g/mol. The average Bonchev–Trinajstić information content (AvgIpc) is 3.44. The van der Waals surface area contributed by atoms with Crippen LogP contribution in [0.25, 0.3) is 43.8 Å². The zero-order valence-electron chi connectivity index (χ0n) is 22.2. The van der Waals surface area contributed by atoms with Crippen LogP contribution < -0.4 is 5.32 Å². The number of benzene rings is 6. The van der Waals surface area contributed by atoms with Crippen LogP contribution in [0, 0.1) is 0 Å². The van der Waals surface area contributed by atoms with Gasteiger partial charge in [-0.3, -0.25) is 0 Å². The Labute approximate surface area is 237 Å². The third-order valence-corrected chi connectivity index (χ3v) is 7.73. The Bertz CT molecular complexity index is 2120. The van der Waals surface area contributed by atoms with E-state index in [1.165, 1.54) is 10.8 Å². The number of hydrogen-bond acceptors (Lipinski definition) is 4. The third-order valence-electron chi connectivity index (χ3n) is 7.73. The van der Waals surface area contributed by atoms with Gasteiger partial charge in [0.05, 0.1) is 0 Å². The molecule has 2 heterocycles. The van der Waals surface area contributed by atoms with E-state index < -0.39 is 0 Å². The van der Waals surface area contributed by atoms with E-state index in [-0.39, 0.29) is 6.17 Å². The van der Waals surface area contributed by atoms with E-state index in [4.69, 9.17) is 14.4 Å². The maximum absolute atomic E-state index is 6.52. The molecule has 1 aliphatic rings. The second kappa shape index (κ2) is 9.61. The lowest BCUT2D eigenvalue weighted by Gasteiger charge is -2.24. The van der Waals surface area contributed by atoms with E-state index in [2.05, 4.69) is 108 Å². The highest BCUT2D eigenvalue weighted by Gasteiger charge is 2.25. The molecule has 1 N–H and O–H groups in total. The molecule has 0 spiro atoms. The summed E-state index contributed by atoms with van der Waals surface area (Å²) in [4.78, 5) is 10.3. The van der Waals surface area contributed by atoms with Gasteiger partial charge in [-0.15, -0.1) is 0 Å². The number of fused-ring (bicyclic) bond motifs is 4. The topological polar surface area (TPSA) is 49.9 Å². The fourth-order valence-corrected chi connectivity index (χ4v) is 5.72. The molecule has 4 nitrogen and oxygen atoms in total. The minimum Gasteiger partial charge on any atom is -0.455 e. The highest BCUT2D eigenvalue weighted by Crippen LogP contribution is 2.39. The molecule has 0 fully saturated rings. The first-order valence-electron chi connectivity index (χ1n) is 13.8. The quantitative estimate of drug-likeness (QED) is 0.248. The molecule has 194 valence electrons. The van der Waals surface area contributed by atoms with E-state index in [1.54, 1.807) is 0 Å². The molecule has 0 bridgehead atoms. The summed E-state index contributed by atoms with van der Waals surface area (Å²) in [6.45, 7) is 0. The van der Waals surface area contributed by atoms with Crippen LogP contribution in [0.15, 0.2) is 154 Å². The van der Waals surface area contributed by atoms with Gasteiger partial charge >= 0.3 is 0 Å². The van der Waals surface area contributed by atoms with Gasteiger partial charge in [-0.2, -0.15) is 0 Å². The van der Waals surface area contributed by atoms with Crippen molar-refractivity contribution in [1.29, 1.82) is 0 Å². The second-order valence-electron chi connectivity index (χ2n) is 10.3. The van der Waals surface area contributed by atoms with Crippen molar-refractivity contribution in [1.82, 2.24) is 5.32 Å². The lowest BCUT2D eigenvalue weighted by molar-refractivity contribution is 0.669. The van der Waals surface area contributed by atoms with Gasteiger partial charge < -0.3 is 9.73 Å². The first-order valence-corrected chi connectivity index (χ1v) is 13.8. The molecule has 1 aromatic heterocycles. The van der Waals surface area contributed by atoms with E-state index in [9.17, 15) is 0 Å². The SMILES string of the molecule is c1ccc(C2=NC(c3ccc(-c4ccccc4)c4oc5ccccc5c34)=NC(c3ccc4ccccc4c3)N2)cc1. The maximum Gasteiger partial charge on any atom is 0.160 e. The monoisotopic (exact) mass is 527 g/mol. The van der Waals surface area contributed by atoms with Crippen LogP contribution in [-0.2, 0) is 0 Å². The standard InChI is InChI=1S/C37H25N3O/c1-3-12-25(13-4-1)29-21-22-31(33-30-17-9-10-18-32(30)41-34(29)33)37-39-35(26-14-5-2-6-15-26)38-36(40-37)28-20-19-24-11-7-8-16-27(24)23-28/h1-23,36H,(H,38,39,40). The summed E-state index contributed by atoms with van der Waals surface area (Å²) in [7, 11) is 0. The van der Waals surface area contributed by atoms with Crippen molar-refractivity contribution < 1.29 is 4.42 Å². The molecular formula is C37H25N3O. The van der Waals surface area contributed by atoms with Crippen LogP contribution >= 0.6 is 0 Å². The fourth-order valence-electron chi connectivity index (χ4n) is 5.72. The van der Waals surface area contributed by atoms with Gasteiger partial charge in [0.2, 0.25) is 0 Å². The zero-order valence-corrected chi connectivity index (χ0v) is 22.2. The maximum atomic E-state index is 6.52. The summed E-state index contributed by atoms with van der Waals surface area (Å²) in [6, 6.07) is 48.0. The summed E-state index contributed by atoms with van der Waals surface area (Å²) in [6.07, 6.45) is -0.302. The highest BCUT2D eigenvalue weighted by atomic mass is 16.3. The molecule has 0 saturated carbocycles. The van der Waals surface area contributed by atoms with E-state index in [0.717, 1.165) is 55.6 Å². The van der Waals surface area contributed by atoms with Crippen molar-refractivity contribution >= 4 is 44.4 Å². The predicted octanol–water partition coefficient (Wildman–Crippen LogP) is 8.90. The molecule has 6 aromatic carbocycles. The van der Waals surface area contributed by atoms with Gasteiger partial charge in [-0.05, 0) is 46.2 Å². The molecule has 0 aliphatic carbocycles. The van der Waals surface area contributed by atoms with Gasteiger partial charge in [0.1, 0.15) is 23.2 Å². The van der Waals surface area contributed by atoms with Crippen LogP contribution in [0.3, 0.4) is 0 Å². The van der Waals surface area contributed by atoms with E-state index in [0.29, 0.717) is 5.84 Å². The number of furan rings is 1. The molecule has 1 atom stereocenters. The molecule has 0 radical (unpaired) electrons. The van der Waals surface area contributed by atoms with Crippen LogP contribution in [-0.4, -0.2) is 11.7 Å². The van der Waals surface area contributed by atoms with Crippen molar-refractivity contribution in [3.63, 3.8) is 0 Å². The van der Waals surface area contributed by atoms with Gasteiger partial charge in [0.25, 0.3) is 0 Å². The van der Waals surface area contributed by atoms with Gasteiger partial charge in [0.15, 0.2) is 5.84 Å². The molecule has 0 saturated heterocycles. The summed E-state index contributed by atoms with van der Waals surface area (Å²) in [5.74, 6) is 1.47. The Morgan fingerprint density at radius 2 is 1.27 bits per heavy atom. The van der Waals surface area contributed by atoms with Gasteiger partial charge in [-0.25, -0.2) is 9.98 Å². The summed E-state index contributed by atoms with van der Waals surface area (Å²) < 4.78 is 6.52. The number of hydrogen-bond donors (Lipinski definition) is 1. The first kappa shape index (κ1) is 23.4. The largest absolute Gasteiger partial charge is 0.455 e. The predicted molar refractivity (Wildman–Crippen MR) is 168 cm³/mol. The fraction of sp³-hybridized carbons (Fsp3) is 0.0270. The van der Waals surface area contributed by atoms with Crippen molar-refractivity contribution in [2.75, 3.05) is 0 Å². The Kier molecular flexibility index (Phi) is 5.49. The van der Waals surface area contributed by atoms with Crippen molar-refractivity contribution in [2.45, 2.75) is 6.17 Å². The Balaban J connectivity index is 1.36. The molecule has 7 aromatic rings. The number of amidine groups is 2. The second-order valence-corrected chi connectivity index (χ2v) is 10.3. The molecule has 1 unspecified atom stereocenters. The number of aliphatic imine (C=N–C) groups is 2. The number of rotatable bonds is 4. The summed E-state index contributed by atoms with van der Waals surface area (Å²) in [5.41, 5.74) is 6.89. The number of nitrogens with one attached hydrogen (secondary N) is 1. The lowest BCUT2D eigenvalue weighted by atomic mass is 9.97. The smallest absolute Gasteiger partial charge is 0.160 e. The van der Waals surface area contributed by atoms with E-state index >= 15 is 0 Å². The minimum absolute atomic E-state index is 0.302. The van der Waals surface area contributed by atoms with Gasteiger partial charge in [0, 0.05) is 27.5 Å². The normalized spacial score (nSPS) is 15.1. The van der Waals surface area contributed by atoms with Gasteiger partial charge in [-0.1, -0.05) is 115 Å². The number of para-hydroxylation sites is 1. The molecular weight excluding hydrogens is 502 g/mol. The molecule has 4 heteroatoms. The number of nitrogens with zero attached hydrogens (tertiary/aromatic N) is 2. The van der Waals surface area contributed by atoms with E-state index in [1.807, 2.05) is 36.4 Å². The summed E-state index contributed by atoms with van der Waals surface area (Å²) >= 11 is 0. The zero-order chi connectivity index (χ0) is 27.2. The first-order chi connectivity index (χ1) is 20.3. The van der Waals surface area contributed by atoms with Crippen LogP contribution in [0.2, 0.25) is 0 Å². The van der Waals surface area contributed by atoms with Crippen molar-refractivity contribution in [2.24, 2.45) is 9.98 Å². The molecule has 0 amide bonds. The molecule has 41 heavy (non-hydrogen) atoms. The van der Waals surface area contributed by atoms with Crippen LogP contribution in [0.5, 0.6) is 0 Å². The Morgan fingerprint density at radius 3 is 2.10 bits per heavy atom. The molecule has 8 rings (SSSR count). The Hall–Kier alpha value is -5.48. The Morgan fingerprint density at radius 1 is 0.585 bits per heavy atom. The van der Waals surface area contributed by atoms with Crippen LogP contribution in [0.1, 0.15) is 22.9 Å². The van der Waals surface area contributed by atoms with Crippen molar-refractivity contribution in [3.05, 3.63) is 156 Å². The highest BCUT2D eigenvalue weighted by molar-refractivity contribution is 6.23. The summed E-state index contributed by atoms with van der Waals surface area (Å²) in [5, 5.41) is 8.07. The minimum atomic E-state index is -0.302.